The van der Waals surface area contributed by atoms with Crippen molar-refractivity contribution >= 4 is 17.6 Å². The predicted molar refractivity (Wildman–Crippen MR) is 65.2 cm³/mol. The van der Waals surface area contributed by atoms with Crippen LogP contribution < -0.4 is 0 Å². The minimum absolute atomic E-state index is 0.139. The molecule has 0 amide bonds. The van der Waals surface area contributed by atoms with Gasteiger partial charge in [-0.2, -0.15) is 4.39 Å². The van der Waals surface area contributed by atoms with Gasteiger partial charge >= 0.3 is 6.04 Å². The van der Waals surface area contributed by atoms with Gasteiger partial charge in [0.2, 0.25) is 0 Å². The fourth-order valence-corrected chi connectivity index (χ4v) is 2.40. The smallest absolute Gasteiger partial charge is 0.312 e. The average Bonchev–Trinajstić information content (AvgIpc) is 2.29. The van der Waals surface area contributed by atoms with Gasteiger partial charge in [0, 0.05) is 12.1 Å². The van der Waals surface area contributed by atoms with E-state index >= 15 is 0 Å². The molecule has 1 aromatic carbocycles. The molecule has 2 rings (SSSR count). The molecule has 1 aliphatic carbocycles. The molecule has 0 unspecified atom stereocenters. The van der Waals surface area contributed by atoms with E-state index in [-0.39, 0.29) is 12.9 Å². The van der Waals surface area contributed by atoms with Crippen molar-refractivity contribution in [1.82, 2.24) is 0 Å². The summed E-state index contributed by atoms with van der Waals surface area (Å²) in [4.78, 5) is 11.3. The molecule has 0 radical (unpaired) electrons. The lowest BCUT2D eigenvalue weighted by Crippen LogP contribution is -2.50. The summed E-state index contributed by atoms with van der Waals surface area (Å²) >= 11 is 5.78. The van der Waals surface area contributed by atoms with Crippen LogP contribution in [0.5, 0.6) is 0 Å². The Morgan fingerprint density at radius 3 is 2.56 bits per heavy atom. The molecule has 0 spiro atoms. The van der Waals surface area contributed by atoms with Gasteiger partial charge in [0.15, 0.2) is 0 Å². The van der Waals surface area contributed by atoms with Crippen LogP contribution in [0.2, 0.25) is 5.02 Å². The molecule has 5 heteroatoms. The summed E-state index contributed by atoms with van der Waals surface area (Å²) in [5, 5.41) is 0.562. The number of halogens is 2. The first-order valence-electron chi connectivity index (χ1n) is 5.65. The van der Waals surface area contributed by atoms with Crippen LogP contribution in [0.15, 0.2) is 24.3 Å². The quantitative estimate of drug-likeness (QED) is 0.611. The van der Waals surface area contributed by atoms with Gasteiger partial charge in [0.1, 0.15) is 6.79 Å². The Kier molecular flexibility index (Phi) is 4.00. The van der Waals surface area contributed by atoms with Crippen molar-refractivity contribution in [2.24, 2.45) is 0 Å². The minimum Gasteiger partial charge on any atom is -0.359 e. The standard InChI is InChI=1S/C13H14ClFO3/c1-17-8-18-11-6-13(7-11,12(15)16)9-2-4-10(14)5-3-9/h2-5,11H,6-8H2,1H3. The zero-order chi connectivity index (χ0) is 13.2. The Hall–Kier alpha value is -0.970. The average molecular weight is 273 g/mol. The third kappa shape index (κ3) is 2.41. The normalized spacial score (nSPS) is 26.7. The van der Waals surface area contributed by atoms with Crippen LogP contribution in [0.1, 0.15) is 18.4 Å². The lowest BCUT2D eigenvalue weighted by atomic mass is 9.63. The van der Waals surface area contributed by atoms with Crippen molar-refractivity contribution in [3.63, 3.8) is 0 Å². The summed E-state index contributed by atoms with van der Waals surface area (Å²) in [6.07, 6.45) is 0.543. The highest BCUT2D eigenvalue weighted by Gasteiger charge is 2.52. The topological polar surface area (TPSA) is 35.5 Å². The molecule has 0 saturated heterocycles. The fraction of sp³-hybridized carbons (Fsp3) is 0.462. The Morgan fingerprint density at radius 1 is 1.44 bits per heavy atom. The lowest BCUT2D eigenvalue weighted by Gasteiger charge is -2.44. The van der Waals surface area contributed by atoms with Crippen LogP contribution in [0.25, 0.3) is 0 Å². The maximum absolute atomic E-state index is 13.3. The Morgan fingerprint density at radius 2 is 2.06 bits per heavy atom. The second-order valence-corrected chi connectivity index (χ2v) is 4.90. The zero-order valence-corrected chi connectivity index (χ0v) is 10.7. The number of benzene rings is 1. The van der Waals surface area contributed by atoms with Gasteiger partial charge in [0.25, 0.3) is 0 Å². The fourth-order valence-electron chi connectivity index (χ4n) is 2.28. The molecule has 0 N–H and O–H groups in total. The number of ether oxygens (including phenoxy) is 2. The molecule has 1 aliphatic rings. The van der Waals surface area contributed by atoms with Gasteiger partial charge < -0.3 is 9.47 Å². The molecule has 1 fully saturated rings. The van der Waals surface area contributed by atoms with Gasteiger partial charge in [-0.25, -0.2) is 0 Å². The first-order valence-corrected chi connectivity index (χ1v) is 6.03. The Labute approximate surface area is 110 Å². The van der Waals surface area contributed by atoms with Gasteiger partial charge in [-0.3, -0.25) is 4.79 Å². The molecule has 98 valence electrons. The molecule has 0 aliphatic heterocycles. The molecule has 0 aromatic heterocycles. The highest BCUT2D eigenvalue weighted by Crippen LogP contribution is 2.46. The number of carbonyl (C=O) groups excluding carboxylic acids is 1. The van der Waals surface area contributed by atoms with E-state index in [0.29, 0.717) is 23.4 Å². The molecule has 0 heterocycles. The molecule has 3 nitrogen and oxygen atoms in total. The monoisotopic (exact) mass is 272 g/mol. The first kappa shape index (κ1) is 13.5. The Bertz CT molecular complexity index is 426. The second kappa shape index (κ2) is 5.34. The van der Waals surface area contributed by atoms with Crippen LogP contribution in [-0.2, 0) is 19.7 Å². The molecule has 0 bridgehead atoms. The molecule has 18 heavy (non-hydrogen) atoms. The maximum atomic E-state index is 13.3. The van der Waals surface area contributed by atoms with Crippen molar-refractivity contribution in [3.8, 4) is 0 Å². The highest BCUT2D eigenvalue weighted by molar-refractivity contribution is 6.30. The van der Waals surface area contributed by atoms with Crippen LogP contribution in [0, 0.1) is 0 Å². The summed E-state index contributed by atoms with van der Waals surface area (Å²) in [5.41, 5.74) is -0.417. The summed E-state index contributed by atoms with van der Waals surface area (Å²) in [5.74, 6) is 0. The summed E-state index contributed by atoms with van der Waals surface area (Å²) in [7, 11) is 1.52. The van der Waals surface area contributed by atoms with Crippen molar-refractivity contribution in [2.75, 3.05) is 13.9 Å². The minimum atomic E-state index is -1.32. The number of methoxy groups -OCH3 is 1. The van der Waals surface area contributed by atoms with E-state index in [9.17, 15) is 9.18 Å². The van der Waals surface area contributed by atoms with Crippen molar-refractivity contribution < 1.29 is 18.7 Å². The van der Waals surface area contributed by atoms with Crippen LogP contribution in [0.4, 0.5) is 4.39 Å². The number of hydrogen-bond donors (Lipinski definition) is 0. The van der Waals surface area contributed by atoms with Gasteiger partial charge in [-0.1, -0.05) is 23.7 Å². The maximum Gasteiger partial charge on any atom is 0.312 e. The van der Waals surface area contributed by atoms with Gasteiger partial charge in [-0.15, -0.1) is 0 Å². The van der Waals surface area contributed by atoms with E-state index < -0.39 is 11.5 Å². The molecular weight excluding hydrogens is 259 g/mol. The zero-order valence-electron chi connectivity index (χ0n) is 9.99. The summed E-state index contributed by atoms with van der Waals surface area (Å²) < 4.78 is 23.4. The SMILES string of the molecule is COCOC1CC(C(=O)F)(c2ccc(Cl)cc2)C1. The van der Waals surface area contributed by atoms with Gasteiger partial charge in [0.05, 0.1) is 11.5 Å². The Balaban J connectivity index is 2.11. The summed E-state index contributed by atoms with van der Waals surface area (Å²) in [6.45, 7) is 0.155. The number of carbonyl (C=O) groups is 1. The lowest BCUT2D eigenvalue weighted by molar-refractivity contribution is -0.157. The predicted octanol–water partition coefficient (Wildman–Crippen LogP) is 2.86. The third-order valence-corrected chi connectivity index (χ3v) is 3.60. The van der Waals surface area contributed by atoms with Crippen molar-refractivity contribution in [1.29, 1.82) is 0 Å². The van der Waals surface area contributed by atoms with Crippen LogP contribution >= 0.6 is 11.6 Å². The first-order chi connectivity index (χ1) is 8.58. The van der Waals surface area contributed by atoms with Gasteiger partial charge in [-0.05, 0) is 30.5 Å². The second-order valence-electron chi connectivity index (χ2n) is 4.47. The van der Waals surface area contributed by atoms with E-state index in [0.717, 1.165) is 0 Å². The molecule has 0 atom stereocenters. The van der Waals surface area contributed by atoms with E-state index in [1.54, 1.807) is 24.3 Å². The number of hydrogen-bond acceptors (Lipinski definition) is 3. The molecule has 1 aromatic rings. The van der Waals surface area contributed by atoms with Crippen molar-refractivity contribution in [3.05, 3.63) is 34.9 Å². The highest BCUT2D eigenvalue weighted by atomic mass is 35.5. The largest absolute Gasteiger partial charge is 0.359 e. The van der Waals surface area contributed by atoms with E-state index in [1.165, 1.54) is 7.11 Å². The van der Waals surface area contributed by atoms with Crippen molar-refractivity contribution in [2.45, 2.75) is 24.4 Å². The molecular formula is C13H14ClFO3. The molecule has 1 saturated carbocycles. The third-order valence-electron chi connectivity index (χ3n) is 3.35. The number of rotatable bonds is 5. The van der Waals surface area contributed by atoms with E-state index in [2.05, 4.69) is 0 Å². The van der Waals surface area contributed by atoms with E-state index in [4.69, 9.17) is 21.1 Å². The van der Waals surface area contributed by atoms with E-state index in [1.807, 2.05) is 0 Å². The summed E-state index contributed by atoms with van der Waals surface area (Å²) in [6, 6.07) is 5.37. The van der Waals surface area contributed by atoms with Crippen LogP contribution in [-0.4, -0.2) is 26.0 Å². The van der Waals surface area contributed by atoms with Crippen LogP contribution in [0.3, 0.4) is 0 Å².